The summed E-state index contributed by atoms with van der Waals surface area (Å²) in [5.41, 5.74) is 0. The van der Waals surface area contributed by atoms with Gasteiger partial charge in [-0.15, -0.1) is 0 Å². The van der Waals surface area contributed by atoms with Gasteiger partial charge in [0.15, 0.2) is 0 Å². The summed E-state index contributed by atoms with van der Waals surface area (Å²) in [6, 6.07) is 0.207. The van der Waals surface area contributed by atoms with E-state index in [1.807, 2.05) is 13.3 Å². The Morgan fingerprint density at radius 2 is 1.89 bits per heavy atom. The van der Waals surface area contributed by atoms with Gasteiger partial charge in [-0.05, 0) is 25.5 Å². The van der Waals surface area contributed by atoms with E-state index < -0.39 is 11.9 Å². The van der Waals surface area contributed by atoms with Crippen LogP contribution in [0.4, 0.5) is 0 Å². The Kier molecular flexibility index (Phi) is 6.69. The minimum atomic E-state index is -0.815. The summed E-state index contributed by atoms with van der Waals surface area (Å²) in [7, 11) is 1.82. The number of thioether (sulfide) groups is 1. The van der Waals surface area contributed by atoms with Crippen LogP contribution in [0.2, 0.25) is 0 Å². The molecule has 0 radical (unpaired) electrons. The molecule has 1 rings (SSSR count). The van der Waals surface area contributed by atoms with Crippen molar-refractivity contribution in [2.75, 3.05) is 19.1 Å². The summed E-state index contributed by atoms with van der Waals surface area (Å²) in [5.74, 6) is -0.705. The summed E-state index contributed by atoms with van der Waals surface area (Å²) >= 11 is 1.72. The van der Waals surface area contributed by atoms with E-state index in [2.05, 4.69) is 6.92 Å². The Bertz CT molecular complexity index is 322. The molecule has 3 atom stereocenters. The van der Waals surface area contributed by atoms with Crippen molar-refractivity contribution in [1.82, 2.24) is 4.90 Å². The Morgan fingerprint density at radius 3 is 2.37 bits per heavy atom. The molecular weight excluding hydrogens is 262 g/mol. The number of nitrogens with zero attached hydrogens (tertiary/aromatic N) is 1. The predicted molar refractivity (Wildman–Crippen MR) is 78.3 cm³/mol. The normalized spacial score (nSPS) is 24.8. The quantitative estimate of drug-likeness (QED) is 0.815. The minimum absolute atomic E-state index is 0.0213. The minimum Gasteiger partial charge on any atom is -0.481 e. The maximum atomic E-state index is 12.5. The Labute approximate surface area is 119 Å². The fraction of sp³-hybridized carbons (Fsp3) is 0.857. The van der Waals surface area contributed by atoms with Gasteiger partial charge in [0, 0.05) is 18.8 Å². The molecule has 19 heavy (non-hydrogen) atoms. The fourth-order valence-electron chi connectivity index (χ4n) is 2.86. The molecule has 1 aliphatic rings. The third-order valence-corrected chi connectivity index (χ3v) is 4.84. The van der Waals surface area contributed by atoms with E-state index in [4.69, 9.17) is 0 Å². The molecule has 0 heterocycles. The van der Waals surface area contributed by atoms with E-state index in [1.165, 1.54) is 0 Å². The van der Waals surface area contributed by atoms with Gasteiger partial charge in [-0.25, -0.2) is 0 Å². The number of amides is 1. The first-order valence-corrected chi connectivity index (χ1v) is 8.40. The number of carbonyl (C=O) groups is 2. The van der Waals surface area contributed by atoms with E-state index in [9.17, 15) is 14.7 Å². The average Bonchev–Trinajstić information content (AvgIpc) is 2.43. The molecule has 0 spiro atoms. The molecule has 4 nitrogen and oxygen atoms in total. The van der Waals surface area contributed by atoms with Crippen molar-refractivity contribution in [3.05, 3.63) is 0 Å². The number of hydrogen-bond acceptors (Lipinski definition) is 3. The van der Waals surface area contributed by atoms with Crippen LogP contribution in [0.5, 0.6) is 0 Å². The van der Waals surface area contributed by atoms with Gasteiger partial charge >= 0.3 is 5.97 Å². The number of carbonyl (C=O) groups excluding carboxylic acids is 1. The molecule has 3 unspecified atom stereocenters. The zero-order valence-electron chi connectivity index (χ0n) is 12.1. The van der Waals surface area contributed by atoms with Crippen LogP contribution >= 0.6 is 11.8 Å². The molecule has 5 heteroatoms. The lowest BCUT2D eigenvalue weighted by Gasteiger charge is -2.34. The lowest BCUT2D eigenvalue weighted by Crippen LogP contribution is -2.45. The highest BCUT2D eigenvalue weighted by Crippen LogP contribution is 2.32. The van der Waals surface area contributed by atoms with E-state index in [-0.39, 0.29) is 17.9 Å². The van der Waals surface area contributed by atoms with E-state index in [0.29, 0.717) is 6.42 Å². The number of carboxylic acids is 1. The van der Waals surface area contributed by atoms with Gasteiger partial charge in [-0.3, -0.25) is 9.59 Å². The van der Waals surface area contributed by atoms with Crippen LogP contribution in [0.25, 0.3) is 0 Å². The van der Waals surface area contributed by atoms with Crippen LogP contribution in [-0.2, 0) is 9.59 Å². The Balaban J connectivity index is 2.75. The van der Waals surface area contributed by atoms with E-state index in [1.54, 1.807) is 16.7 Å². The van der Waals surface area contributed by atoms with Crippen LogP contribution in [0, 0.1) is 11.8 Å². The largest absolute Gasteiger partial charge is 0.481 e. The zero-order chi connectivity index (χ0) is 14.4. The Hall–Kier alpha value is -0.710. The summed E-state index contributed by atoms with van der Waals surface area (Å²) in [6.07, 6.45) is 6.18. The molecule has 1 N–H and O–H groups in total. The smallest absolute Gasteiger partial charge is 0.307 e. The number of rotatable bonds is 6. The van der Waals surface area contributed by atoms with Gasteiger partial charge < -0.3 is 10.0 Å². The molecule has 1 fully saturated rings. The standard InChI is InChI=1S/C14H25NO3S/c1-4-10(9-19-3)15(2)13(16)11-7-5-6-8-12(11)14(17)18/h10-12H,4-9H2,1-3H3,(H,17,18). The van der Waals surface area contributed by atoms with Crippen LogP contribution in [0.3, 0.4) is 0 Å². The highest BCUT2D eigenvalue weighted by molar-refractivity contribution is 7.98. The second-order valence-corrected chi connectivity index (χ2v) is 6.21. The second-order valence-electron chi connectivity index (χ2n) is 5.30. The lowest BCUT2D eigenvalue weighted by molar-refractivity contribution is -0.152. The molecule has 1 saturated carbocycles. The summed E-state index contributed by atoms with van der Waals surface area (Å²) < 4.78 is 0. The maximum absolute atomic E-state index is 12.5. The van der Waals surface area contributed by atoms with E-state index >= 15 is 0 Å². The maximum Gasteiger partial charge on any atom is 0.307 e. The molecule has 0 aromatic carbocycles. The number of carboxylic acid groups (broad SMARTS) is 1. The fourth-order valence-corrected chi connectivity index (χ4v) is 3.70. The molecule has 0 saturated heterocycles. The molecule has 1 amide bonds. The lowest BCUT2D eigenvalue weighted by atomic mass is 9.78. The first-order chi connectivity index (χ1) is 9.02. The van der Waals surface area contributed by atoms with Crippen molar-refractivity contribution in [2.45, 2.75) is 45.1 Å². The van der Waals surface area contributed by atoms with Gasteiger partial charge in [0.1, 0.15) is 0 Å². The first-order valence-electron chi connectivity index (χ1n) is 7.01. The highest BCUT2D eigenvalue weighted by atomic mass is 32.2. The molecule has 110 valence electrons. The van der Waals surface area contributed by atoms with Crippen molar-refractivity contribution < 1.29 is 14.7 Å². The first kappa shape index (κ1) is 16.3. The average molecular weight is 287 g/mol. The highest BCUT2D eigenvalue weighted by Gasteiger charge is 2.38. The molecular formula is C14H25NO3S. The van der Waals surface area contributed by atoms with E-state index in [0.717, 1.165) is 31.4 Å². The molecule has 0 aromatic rings. The summed E-state index contributed by atoms with van der Waals surface area (Å²) in [5, 5.41) is 9.26. The van der Waals surface area contributed by atoms with Crippen molar-refractivity contribution in [3.8, 4) is 0 Å². The monoisotopic (exact) mass is 287 g/mol. The topological polar surface area (TPSA) is 57.6 Å². The molecule has 1 aliphatic carbocycles. The van der Waals surface area contributed by atoms with Crippen LogP contribution in [0.1, 0.15) is 39.0 Å². The third kappa shape index (κ3) is 4.13. The number of aliphatic carboxylic acids is 1. The summed E-state index contributed by atoms with van der Waals surface area (Å²) in [4.78, 5) is 25.6. The molecule has 0 bridgehead atoms. The zero-order valence-corrected chi connectivity index (χ0v) is 12.9. The van der Waals surface area contributed by atoms with Crippen molar-refractivity contribution >= 4 is 23.6 Å². The van der Waals surface area contributed by atoms with Crippen LogP contribution in [0.15, 0.2) is 0 Å². The van der Waals surface area contributed by atoms with Gasteiger partial charge in [0.25, 0.3) is 0 Å². The molecule has 0 aliphatic heterocycles. The summed E-state index contributed by atoms with van der Waals surface area (Å²) in [6.45, 7) is 2.07. The van der Waals surface area contributed by atoms with Gasteiger partial charge in [0.05, 0.1) is 11.8 Å². The van der Waals surface area contributed by atoms with Crippen molar-refractivity contribution in [1.29, 1.82) is 0 Å². The van der Waals surface area contributed by atoms with Gasteiger partial charge in [-0.2, -0.15) is 11.8 Å². The Morgan fingerprint density at radius 1 is 1.32 bits per heavy atom. The van der Waals surface area contributed by atoms with Gasteiger partial charge in [-0.1, -0.05) is 19.8 Å². The molecule has 0 aromatic heterocycles. The van der Waals surface area contributed by atoms with Gasteiger partial charge in [0.2, 0.25) is 5.91 Å². The number of hydrogen-bond donors (Lipinski definition) is 1. The second kappa shape index (κ2) is 7.78. The third-order valence-electron chi connectivity index (χ3n) is 4.13. The van der Waals surface area contributed by atoms with Crippen LogP contribution < -0.4 is 0 Å². The van der Waals surface area contributed by atoms with Crippen molar-refractivity contribution in [2.24, 2.45) is 11.8 Å². The van der Waals surface area contributed by atoms with Crippen molar-refractivity contribution in [3.63, 3.8) is 0 Å². The predicted octanol–water partition coefficient (Wildman–Crippen LogP) is 2.48. The van der Waals surface area contributed by atoms with Crippen LogP contribution in [-0.4, -0.2) is 47.0 Å². The SMILES string of the molecule is CCC(CSC)N(C)C(=O)C1CCCCC1C(=O)O.